The smallest absolute Gasteiger partial charge is 0.237 e. The van der Waals surface area contributed by atoms with Gasteiger partial charge in [0.15, 0.2) is 0 Å². The van der Waals surface area contributed by atoms with E-state index in [2.05, 4.69) is 29.4 Å². The molecule has 0 aromatic heterocycles. The Morgan fingerprint density at radius 1 is 1.39 bits per heavy atom. The number of carbonyl (C=O) groups excluding carboxylic acids is 1. The van der Waals surface area contributed by atoms with Gasteiger partial charge in [0.2, 0.25) is 5.91 Å². The average Bonchev–Trinajstić information content (AvgIpc) is 2.85. The third kappa shape index (κ3) is 2.54. The lowest BCUT2D eigenvalue weighted by atomic mass is 9.92. The highest BCUT2D eigenvalue weighted by Crippen LogP contribution is 2.35. The van der Waals surface area contributed by atoms with Gasteiger partial charge in [0.05, 0.1) is 6.04 Å². The van der Waals surface area contributed by atoms with Crippen molar-refractivity contribution < 1.29 is 4.79 Å². The molecule has 0 radical (unpaired) electrons. The molecule has 2 saturated heterocycles. The van der Waals surface area contributed by atoms with Crippen LogP contribution in [-0.2, 0) is 4.79 Å². The Morgan fingerprint density at radius 2 is 2.11 bits per heavy atom. The van der Waals surface area contributed by atoms with Crippen LogP contribution >= 0.6 is 0 Å². The first kappa shape index (κ1) is 13.8. The molecular weight excluding hydrogens is 226 g/mol. The van der Waals surface area contributed by atoms with Crippen molar-refractivity contribution in [2.45, 2.75) is 52.2 Å². The Hall–Kier alpha value is -0.610. The van der Waals surface area contributed by atoms with Crippen molar-refractivity contribution in [3.8, 4) is 0 Å². The van der Waals surface area contributed by atoms with E-state index in [1.54, 1.807) is 0 Å². The highest BCUT2D eigenvalue weighted by atomic mass is 16.2. The second-order valence-corrected chi connectivity index (χ2v) is 6.09. The minimum absolute atomic E-state index is 0.00273. The monoisotopic (exact) mass is 253 g/mol. The average molecular weight is 253 g/mol. The van der Waals surface area contributed by atoms with Crippen molar-refractivity contribution in [2.24, 2.45) is 11.8 Å². The molecular formula is C14H27N3O. The molecule has 2 aliphatic rings. The summed E-state index contributed by atoms with van der Waals surface area (Å²) in [6.07, 6.45) is 1.14. The molecule has 4 heteroatoms. The predicted molar refractivity (Wildman–Crippen MR) is 73.4 cm³/mol. The molecule has 104 valence electrons. The fourth-order valence-electron chi connectivity index (χ4n) is 3.59. The summed E-state index contributed by atoms with van der Waals surface area (Å²) < 4.78 is 0. The number of hydrogen-bond acceptors (Lipinski definition) is 3. The molecule has 0 aromatic rings. The molecule has 0 bridgehead atoms. The summed E-state index contributed by atoms with van der Waals surface area (Å²) in [6.45, 7) is 11.6. The Kier molecular flexibility index (Phi) is 4.28. The summed E-state index contributed by atoms with van der Waals surface area (Å²) in [5.41, 5.74) is 0. The maximum absolute atomic E-state index is 12.2. The predicted octanol–water partition coefficient (Wildman–Crippen LogP) is 0.829. The highest BCUT2D eigenvalue weighted by Gasteiger charge is 2.45. The van der Waals surface area contributed by atoms with Crippen LogP contribution in [0.15, 0.2) is 0 Å². The first-order chi connectivity index (χ1) is 8.54. The molecule has 18 heavy (non-hydrogen) atoms. The zero-order chi connectivity index (χ0) is 13.3. The van der Waals surface area contributed by atoms with E-state index in [0.29, 0.717) is 6.04 Å². The first-order valence-corrected chi connectivity index (χ1v) is 7.31. The SMILES string of the molecule is CCC1C2CNCC2CN1C(C)C(=O)NC(C)C. The van der Waals surface area contributed by atoms with E-state index < -0.39 is 0 Å². The van der Waals surface area contributed by atoms with E-state index in [0.717, 1.165) is 37.9 Å². The molecule has 1 amide bonds. The molecule has 2 fully saturated rings. The third-order valence-electron chi connectivity index (χ3n) is 4.48. The minimum Gasteiger partial charge on any atom is -0.353 e. The van der Waals surface area contributed by atoms with Gasteiger partial charge in [-0.2, -0.15) is 0 Å². The minimum atomic E-state index is 0.00273. The Balaban J connectivity index is 2.01. The van der Waals surface area contributed by atoms with Gasteiger partial charge in [-0.1, -0.05) is 6.92 Å². The molecule has 2 heterocycles. The van der Waals surface area contributed by atoms with Crippen molar-refractivity contribution >= 4 is 5.91 Å². The number of carbonyl (C=O) groups is 1. The molecule has 0 aromatic carbocycles. The van der Waals surface area contributed by atoms with Gasteiger partial charge in [-0.25, -0.2) is 0 Å². The van der Waals surface area contributed by atoms with Crippen LogP contribution in [0, 0.1) is 11.8 Å². The van der Waals surface area contributed by atoms with Crippen LogP contribution in [0.4, 0.5) is 0 Å². The van der Waals surface area contributed by atoms with E-state index in [4.69, 9.17) is 0 Å². The number of rotatable bonds is 4. The summed E-state index contributed by atoms with van der Waals surface area (Å²) in [5, 5.41) is 6.52. The highest BCUT2D eigenvalue weighted by molar-refractivity contribution is 5.81. The standard InChI is InChI=1S/C14H27N3O/c1-5-13-12-7-15-6-11(12)8-17(13)10(4)14(18)16-9(2)3/h9-13,15H,5-8H2,1-4H3,(H,16,18). The summed E-state index contributed by atoms with van der Waals surface area (Å²) >= 11 is 0. The van der Waals surface area contributed by atoms with E-state index >= 15 is 0 Å². The lowest BCUT2D eigenvalue weighted by molar-refractivity contribution is -0.126. The second-order valence-electron chi connectivity index (χ2n) is 6.09. The fourth-order valence-corrected chi connectivity index (χ4v) is 3.59. The normalized spacial score (nSPS) is 33.7. The van der Waals surface area contributed by atoms with E-state index in [-0.39, 0.29) is 18.0 Å². The molecule has 4 nitrogen and oxygen atoms in total. The van der Waals surface area contributed by atoms with Crippen molar-refractivity contribution in [3.63, 3.8) is 0 Å². The van der Waals surface area contributed by atoms with Crippen molar-refractivity contribution in [1.29, 1.82) is 0 Å². The summed E-state index contributed by atoms with van der Waals surface area (Å²) in [6, 6.07) is 0.796. The molecule has 4 unspecified atom stereocenters. The van der Waals surface area contributed by atoms with Crippen molar-refractivity contribution in [1.82, 2.24) is 15.5 Å². The van der Waals surface area contributed by atoms with E-state index in [9.17, 15) is 4.79 Å². The quantitative estimate of drug-likeness (QED) is 0.780. The number of likely N-dealkylation sites (tertiary alicyclic amines) is 1. The number of nitrogens with zero attached hydrogens (tertiary/aromatic N) is 1. The van der Waals surface area contributed by atoms with E-state index in [1.165, 1.54) is 0 Å². The molecule has 0 aliphatic carbocycles. The number of amides is 1. The van der Waals surface area contributed by atoms with Gasteiger partial charge in [0, 0.05) is 18.6 Å². The largest absolute Gasteiger partial charge is 0.353 e. The van der Waals surface area contributed by atoms with Crippen molar-refractivity contribution in [2.75, 3.05) is 19.6 Å². The molecule has 0 saturated carbocycles. The second kappa shape index (κ2) is 5.57. The van der Waals surface area contributed by atoms with Crippen LogP contribution < -0.4 is 10.6 Å². The van der Waals surface area contributed by atoms with Crippen LogP contribution in [0.5, 0.6) is 0 Å². The molecule has 2 N–H and O–H groups in total. The van der Waals surface area contributed by atoms with E-state index in [1.807, 2.05) is 13.8 Å². The van der Waals surface area contributed by atoms with Gasteiger partial charge < -0.3 is 10.6 Å². The maximum atomic E-state index is 12.2. The molecule has 2 rings (SSSR count). The van der Waals surface area contributed by atoms with Gasteiger partial charge in [-0.15, -0.1) is 0 Å². The zero-order valence-corrected chi connectivity index (χ0v) is 12.1. The first-order valence-electron chi connectivity index (χ1n) is 7.31. The lowest BCUT2D eigenvalue weighted by Gasteiger charge is -2.32. The molecule has 2 aliphatic heterocycles. The topological polar surface area (TPSA) is 44.4 Å². The number of fused-ring (bicyclic) bond motifs is 1. The molecule has 0 spiro atoms. The number of hydrogen-bond donors (Lipinski definition) is 2. The fraction of sp³-hybridized carbons (Fsp3) is 0.929. The van der Waals surface area contributed by atoms with Crippen LogP contribution in [0.25, 0.3) is 0 Å². The summed E-state index contributed by atoms with van der Waals surface area (Å²) in [7, 11) is 0. The van der Waals surface area contributed by atoms with Crippen LogP contribution in [-0.4, -0.2) is 48.6 Å². The van der Waals surface area contributed by atoms with Gasteiger partial charge in [0.1, 0.15) is 0 Å². The van der Waals surface area contributed by atoms with Crippen LogP contribution in [0.1, 0.15) is 34.1 Å². The zero-order valence-electron chi connectivity index (χ0n) is 12.1. The van der Waals surface area contributed by atoms with Crippen molar-refractivity contribution in [3.05, 3.63) is 0 Å². The molecule has 4 atom stereocenters. The lowest BCUT2D eigenvalue weighted by Crippen LogP contribution is -2.50. The maximum Gasteiger partial charge on any atom is 0.237 e. The van der Waals surface area contributed by atoms with Gasteiger partial charge in [-0.3, -0.25) is 9.69 Å². The van der Waals surface area contributed by atoms with Gasteiger partial charge >= 0.3 is 0 Å². The Bertz CT molecular complexity index is 305. The third-order valence-corrected chi connectivity index (χ3v) is 4.48. The van der Waals surface area contributed by atoms with Crippen LogP contribution in [0.3, 0.4) is 0 Å². The Morgan fingerprint density at radius 3 is 2.72 bits per heavy atom. The number of nitrogens with one attached hydrogen (secondary N) is 2. The Labute approximate surface area is 110 Å². The van der Waals surface area contributed by atoms with Gasteiger partial charge in [-0.05, 0) is 52.1 Å². The van der Waals surface area contributed by atoms with Crippen LogP contribution in [0.2, 0.25) is 0 Å². The summed E-state index contributed by atoms with van der Waals surface area (Å²) in [5.74, 6) is 1.66. The summed E-state index contributed by atoms with van der Waals surface area (Å²) in [4.78, 5) is 14.6. The van der Waals surface area contributed by atoms with Gasteiger partial charge in [0.25, 0.3) is 0 Å².